The molecule has 1 aliphatic heterocycles. The molecule has 1 amide bonds. The van der Waals surface area contributed by atoms with Crippen LogP contribution in [-0.4, -0.2) is 46.5 Å². The lowest BCUT2D eigenvalue weighted by Gasteiger charge is -2.40. The summed E-state index contributed by atoms with van der Waals surface area (Å²) in [6.07, 6.45) is 1.41. The standard InChI is InChI=1S/C22H20ClFN4O2/c1-15-13-27(8-9-28(15)22(29)16-4-2-5-17(23)10-16)20-12-21(26-14-25-20)30-19-7-3-6-18(24)11-19/h2-7,10-12,14-15H,8-9,13H2,1H3/t15-/m0/s1. The number of rotatable bonds is 4. The molecule has 154 valence electrons. The summed E-state index contributed by atoms with van der Waals surface area (Å²) < 4.78 is 19.0. The van der Waals surface area contributed by atoms with Gasteiger partial charge in [-0.25, -0.2) is 14.4 Å². The fourth-order valence-electron chi connectivity index (χ4n) is 3.46. The molecule has 0 aliphatic carbocycles. The van der Waals surface area contributed by atoms with Crippen molar-refractivity contribution in [2.75, 3.05) is 24.5 Å². The van der Waals surface area contributed by atoms with Gasteiger partial charge in [-0.1, -0.05) is 23.7 Å². The molecule has 30 heavy (non-hydrogen) atoms. The van der Waals surface area contributed by atoms with Gasteiger partial charge in [0.1, 0.15) is 23.7 Å². The number of carbonyl (C=O) groups excluding carboxylic acids is 1. The molecular formula is C22H20ClFN4O2. The van der Waals surface area contributed by atoms with Gasteiger partial charge in [0.15, 0.2) is 0 Å². The minimum absolute atomic E-state index is 0.0206. The fraction of sp³-hybridized carbons (Fsp3) is 0.227. The van der Waals surface area contributed by atoms with Gasteiger partial charge in [0.05, 0.1) is 0 Å². The molecule has 6 nitrogen and oxygen atoms in total. The summed E-state index contributed by atoms with van der Waals surface area (Å²) in [5, 5.41) is 0.541. The third-order valence-electron chi connectivity index (χ3n) is 4.93. The second kappa shape index (κ2) is 8.67. The maximum atomic E-state index is 13.4. The van der Waals surface area contributed by atoms with Crippen molar-refractivity contribution in [3.63, 3.8) is 0 Å². The van der Waals surface area contributed by atoms with Gasteiger partial charge >= 0.3 is 0 Å². The number of carbonyl (C=O) groups is 1. The molecule has 1 aromatic heterocycles. The average molecular weight is 427 g/mol. The number of benzene rings is 2. The van der Waals surface area contributed by atoms with E-state index in [1.807, 2.05) is 11.8 Å². The minimum Gasteiger partial charge on any atom is -0.439 e. The van der Waals surface area contributed by atoms with Crippen molar-refractivity contribution < 1.29 is 13.9 Å². The van der Waals surface area contributed by atoms with E-state index in [1.165, 1.54) is 18.5 Å². The Morgan fingerprint density at radius 2 is 1.97 bits per heavy atom. The zero-order chi connectivity index (χ0) is 21.1. The quantitative estimate of drug-likeness (QED) is 0.618. The Kier molecular flexibility index (Phi) is 5.81. The molecule has 1 saturated heterocycles. The van der Waals surface area contributed by atoms with E-state index in [0.29, 0.717) is 47.7 Å². The molecule has 2 heterocycles. The van der Waals surface area contributed by atoms with Crippen LogP contribution in [0.3, 0.4) is 0 Å². The molecule has 1 fully saturated rings. The normalized spacial score (nSPS) is 16.4. The number of anilines is 1. The summed E-state index contributed by atoms with van der Waals surface area (Å²) in [6, 6.07) is 14.6. The lowest BCUT2D eigenvalue weighted by Crippen LogP contribution is -2.54. The first-order valence-electron chi connectivity index (χ1n) is 9.56. The van der Waals surface area contributed by atoms with Crippen molar-refractivity contribution in [3.05, 3.63) is 77.3 Å². The summed E-state index contributed by atoms with van der Waals surface area (Å²) in [4.78, 5) is 25.2. The third kappa shape index (κ3) is 4.52. The monoisotopic (exact) mass is 426 g/mol. The number of ether oxygens (including phenoxy) is 1. The van der Waals surface area contributed by atoms with Crippen LogP contribution in [0.4, 0.5) is 10.2 Å². The molecule has 4 rings (SSSR count). The zero-order valence-electron chi connectivity index (χ0n) is 16.3. The van der Waals surface area contributed by atoms with Crippen LogP contribution in [0.15, 0.2) is 60.9 Å². The summed E-state index contributed by atoms with van der Waals surface area (Å²) in [5.41, 5.74) is 0.579. The van der Waals surface area contributed by atoms with E-state index >= 15 is 0 Å². The molecule has 0 spiro atoms. The van der Waals surface area contributed by atoms with Crippen molar-refractivity contribution in [1.82, 2.24) is 14.9 Å². The molecule has 0 saturated carbocycles. The number of hydrogen-bond acceptors (Lipinski definition) is 5. The highest BCUT2D eigenvalue weighted by molar-refractivity contribution is 6.30. The first-order valence-corrected chi connectivity index (χ1v) is 9.94. The third-order valence-corrected chi connectivity index (χ3v) is 5.17. The molecule has 0 bridgehead atoms. The van der Waals surface area contributed by atoms with Gasteiger partial charge in [-0.2, -0.15) is 0 Å². The van der Waals surface area contributed by atoms with Crippen LogP contribution in [0.1, 0.15) is 17.3 Å². The lowest BCUT2D eigenvalue weighted by atomic mass is 10.1. The van der Waals surface area contributed by atoms with E-state index in [4.69, 9.17) is 16.3 Å². The van der Waals surface area contributed by atoms with Crippen molar-refractivity contribution in [2.45, 2.75) is 13.0 Å². The van der Waals surface area contributed by atoms with E-state index in [0.717, 1.165) is 0 Å². The Morgan fingerprint density at radius 1 is 1.13 bits per heavy atom. The lowest BCUT2D eigenvalue weighted by molar-refractivity contribution is 0.0673. The number of nitrogens with zero attached hydrogens (tertiary/aromatic N) is 4. The van der Waals surface area contributed by atoms with E-state index in [2.05, 4.69) is 14.9 Å². The summed E-state index contributed by atoms with van der Waals surface area (Å²) in [6.45, 7) is 3.78. The van der Waals surface area contributed by atoms with Crippen molar-refractivity contribution in [2.24, 2.45) is 0 Å². The number of aromatic nitrogens is 2. The van der Waals surface area contributed by atoms with E-state index in [9.17, 15) is 9.18 Å². The van der Waals surface area contributed by atoms with Gasteiger partial charge in [-0.05, 0) is 37.3 Å². The molecule has 0 unspecified atom stereocenters. The maximum Gasteiger partial charge on any atom is 0.254 e. The summed E-state index contributed by atoms with van der Waals surface area (Å²) in [5.74, 6) is 0.970. The van der Waals surface area contributed by atoms with Crippen molar-refractivity contribution in [3.8, 4) is 11.6 Å². The van der Waals surface area contributed by atoms with Crippen LogP contribution in [0, 0.1) is 5.82 Å². The number of halogens is 2. The zero-order valence-corrected chi connectivity index (χ0v) is 17.1. The van der Waals surface area contributed by atoms with Gasteiger partial charge in [-0.3, -0.25) is 4.79 Å². The van der Waals surface area contributed by atoms with E-state index < -0.39 is 0 Å². The molecule has 1 atom stereocenters. The Morgan fingerprint density at radius 3 is 2.73 bits per heavy atom. The van der Waals surface area contributed by atoms with Gasteiger partial charge in [0.25, 0.3) is 5.91 Å². The van der Waals surface area contributed by atoms with Crippen LogP contribution in [-0.2, 0) is 0 Å². The molecule has 0 N–H and O–H groups in total. The average Bonchev–Trinajstić information content (AvgIpc) is 2.73. The fourth-order valence-corrected chi connectivity index (χ4v) is 3.65. The Bertz CT molecular complexity index is 1060. The minimum atomic E-state index is -0.379. The SMILES string of the molecule is C[C@H]1CN(c2cc(Oc3cccc(F)c3)ncn2)CCN1C(=O)c1cccc(Cl)c1. The highest BCUT2D eigenvalue weighted by atomic mass is 35.5. The van der Waals surface area contributed by atoms with Gasteiger partial charge < -0.3 is 14.5 Å². The second-order valence-corrected chi connectivity index (χ2v) is 7.51. The number of hydrogen-bond donors (Lipinski definition) is 0. The highest BCUT2D eigenvalue weighted by Gasteiger charge is 2.29. The topological polar surface area (TPSA) is 58.6 Å². The molecular weight excluding hydrogens is 407 g/mol. The summed E-state index contributed by atoms with van der Waals surface area (Å²) >= 11 is 6.02. The van der Waals surface area contributed by atoms with Crippen LogP contribution in [0.5, 0.6) is 11.6 Å². The Balaban J connectivity index is 1.45. The van der Waals surface area contributed by atoms with E-state index in [1.54, 1.807) is 42.5 Å². The smallest absolute Gasteiger partial charge is 0.254 e. The maximum absolute atomic E-state index is 13.4. The molecule has 2 aromatic carbocycles. The molecule has 3 aromatic rings. The second-order valence-electron chi connectivity index (χ2n) is 7.08. The predicted molar refractivity (Wildman–Crippen MR) is 113 cm³/mol. The van der Waals surface area contributed by atoms with Gasteiger partial charge in [0, 0.05) is 48.4 Å². The number of piperazine rings is 1. The van der Waals surface area contributed by atoms with Crippen molar-refractivity contribution in [1.29, 1.82) is 0 Å². The van der Waals surface area contributed by atoms with Crippen LogP contribution >= 0.6 is 11.6 Å². The van der Waals surface area contributed by atoms with Gasteiger partial charge in [0.2, 0.25) is 5.88 Å². The molecule has 8 heteroatoms. The van der Waals surface area contributed by atoms with Crippen molar-refractivity contribution >= 4 is 23.3 Å². The van der Waals surface area contributed by atoms with Gasteiger partial charge in [-0.15, -0.1) is 0 Å². The first-order chi connectivity index (χ1) is 14.5. The highest BCUT2D eigenvalue weighted by Crippen LogP contribution is 2.25. The summed E-state index contributed by atoms with van der Waals surface area (Å²) in [7, 11) is 0. The number of amides is 1. The molecule has 1 aliphatic rings. The van der Waals surface area contributed by atoms with Crippen LogP contribution < -0.4 is 9.64 Å². The van der Waals surface area contributed by atoms with E-state index in [-0.39, 0.29) is 17.8 Å². The largest absolute Gasteiger partial charge is 0.439 e. The van der Waals surface area contributed by atoms with Crippen LogP contribution in [0.25, 0.3) is 0 Å². The Labute approximate surface area is 178 Å². The molecule has 0 radical (unpaired) electrons. The Hall–Kier alpha value is -3.19. The van der Waals surface area contributed by atoms with Crippen LogP contribution in [0.2, 0.25) is 5.02 Å². The first kappa shape index (κ1) is 20.1. The predicted octanol–water partition coefficient (Wildman–Crippen LogP) is 4.41.